The Balaban J connectivity index is 2.09. The highest BCUT2D eigenvalue weighted by molar-refractivity contribution is 5.65. The Bertz CT molecular complexity index is 1280. The van der Waals surface area contributed by atoms with Gasteiger partial charge in [0.2, 0.25) is 0 Å². The van der Waals surface area contributed by atoms with Crippen molar-refractivity contribution in [3.8, 4) is 5.69 Å². The predicted molar refractivity (Wildman–Crippen MR) is 112 cm³/mol. The number of carboxylic acid groups (broad SMARTS) is 1. The summed E-state index contributed by atoms with van der Waals surface area (Å²) in [5.41, 5.74) is -4.23. The van der Waals surface area contributed by atoms with Gasteiger partial charge in [-0.05, 0) is 67.4 Å². The third kappa shape index (κ3) is 6.54. The average molecular weight is 539 g/mol. The van der Waals surface area contributed by atoms with Crippen molar-refractivity contribution in [2.24, 2.45) is 0 Å². The summed E-state index contributed by atoms with van der Waals surface area (Å²) in [5.74, 6) is 0. The van der Waals surface area contributed by atoms with Crippen molar-refractivity contribution < 1.29 is 49.4 Å². The van der Waals surface area contributed by atoms with Gasteiger partial charge in [0, 0.05) is 12.2 Å². The van der Waals surface area contributed by atoms with Crippen molar-refractivity contribution in [3.63, 3.8) is 0 Å². The first-order valence-electron chi connectivity index (χ1n) is 10.4. The highest BCUT2D eigenvalue weighted by atomic mass is 19.4. The van der Waals surface area contributed by atoms with Crippen LogP contribution in [0.5, 0.6) is 0 Å². The van der Waals surface area contributed by atoms with Crippen LogP contribution in [0.2, 0.25) is 0 Å². The van der Waals surface area contributed by atoms with Crippen LogP contribution >= 0.6 is 0 Å². The molecule has 1 amide bonds. The number of hydrogen-bond donors (Lipinski definition) is 1. The lowest BCUT2D eigenvalue weighted by Gasteiger charge is -2.23. The second-order valence-electron chi connectivity index (χ2n) is 8.23. The number of alkyl halides is 9. The van der Waals surface area contributed by atoms with Gasteiger partial charge in [-0.3, -0.25) is 4.90 Å². The molecule has 37 heavy (non-hydrogen) atoms. The zero-order chi connectivity index (χ0) is 27.9. The quantitative estimate of drug-likeness (QED) is 0.348. The molecule has 1 heterocycles. The minimum Gasteiger partial charge on any atom is -0.465 e. The molecule has 14 heteroatoms. The van der Waals surface area contributed by atoms with Gasteiger partial charge in [-0.15, -0.1) is 0 Å². The number of halogens is 9. The van der Waals surface area contributed by atoms with Crippen molar-refractivity contribution in [1.29, 1.82) is 0 Å². The van der Waals surface area contributed by atoms with E-state index in [1.54, 1.807) is 19.9 Å². The summed E-state index contributed by atoms with van der Waals surface area (Å²) in [5, 5.41) is 13.8. The van der Waals surface area contributed by atoms with Crippen molar-refractivity contribution in [2.45, 2.75) is 45.5 Å². The van der Waals surface area contributed by atoms with Crippen LogP contribution < -0.4 is 0 Å². The summed E-state index contributed by atoms with van der Waals surface area (Å²) in [7, 11) is 0. The Morgan fingerprint density at radius 1 is 0.811 bits per heavy atom. The molecule has 0 atom stereocenters. The highest BCUT2D eigenvalue weighted by Crippen LogP contribution is 2.37. The average Bonchev–Trinajstić information content (AvgIpc) is 3.08. The van der Waals surface area contributed by atoms with Crippen LogP contribution in [-0.2, 0) is 31.6 Å². The molecule has 200 valence electrons. The number of amides is 1. The van der Waals surface area contributed by atoms with E-state index in [0.29, 0.717) is 34.5 Å². The number of aryl methyl sites for hydroxylation is 2. The third-order valence-corrected chi connectivity index (χ3v) is 5.30. The van der Waals surface area contributed by atoms with Crippen molar-refractivity contribution in [1.82, 2.24) is 14.7 Å². The zero-order valence-corrected chi connectivity index (χ0v) is 19.1. The molecule has 0 aliphatic rings. The van der Waals surface area contributed by atoms with Gasteiger partial charge in [0.15, 0.2) is 0 Å². The van der Waals surface area contributed by atoms with Crippen molar-refractivity contribution in [3.05, 3.63) is 81.7 Å². The highest BCUT2D eigenvalue weighted by Gasteiger charge is 2.37. The van der Waals surface area contributed by atoms with Crippen LogP contribution in [0.25, 0.3) is 5.69 Å². The molecule has 3 aromatic rings. The van der Waals surface area contributed by atoms with Crippen LogP contribution in [0, 0.1) is 13.8 Å². The van der Waals surface area contributed by atoms with Gasteiger partial charge in [0.1, 0.15) is 0 Å². The largest absolute Gasteiger partial charge is 0.465 e. The van der Waals surface area contributed by atoms with Gasteiger partial charge in [-0.1, -0.05) is 0 Å². The Morgan fingerprint density at radius 2 is 1.35 bits per heavy atom. The van der Waals surface area contributed by atoms with Crippen molar-refractivity contribution in [2.75, 3.05) is 0 Å². The number of benzene rings is 2. The second kappa shape index (κ2) is 9.63. The standard InChI is InChI=1S/C23H18F9N3O2/c1-12-5-13(2)35(33-12)19-4-3-16(21(24,25)26)8-15(19)11-34(20(36)37)10-14-6-17(22(27,28)29)9-18(7-14)23(30,31)32/h3-9H,10-11H2,1-2H3,(H,36,37). The van der Waals surface area contributed by atoms with Crippen LogP contribution in [0.3, 0.4) is 0 Å². The van der Waals surface area contributed by atoms with E-state index >= 15 is 0 Å². The molecule has 0 aliphatic carbocycles. The van der Waals surface area contributed by atoms with E-state index in [0.717, 1.165) is 12.1 Å². The Morgan fingerprint density at radius 3 is 1.78 bits per heavy atom. The summed E-state index contributed by atoms with van der Waals surface area (Å²) < 4.78 is 121. The predicted octanol–water partition coefficient (Wildman–Crippen LogP) is 7.23. The molecule has 0 spiro atoms. The smallest absolute Gasteiger partial charge is 0.416 e. The first kappa shape index (κ1) is 27.9. The van der Waals surface area contributed by atoms with E-state index in [1.807, 2.05) is 0 Å². The molecular weight excluding hydrogens is 521 g/mol. The SMILES string of the molecule is Cc1cc(C)n(-c2ccc(C(F)(F)F)cc2CN(Cc2cc(C(F)(F)F)cc(C(F)(F)F)c2)C(=O)O)n1. The lowest BCUT2D eigenvalue weighted by atomic mass is 10.0. The molecule has 0 saturated heterocycles. The maximum Gasteiger partial charge on any atom is 0.416 e. The molecular formula is C23H18F9N3O2. The molecule has 3 rings (SSSR count). The Labute approximate surface area is 203 Å². The number of hydrogen-bond acceptors (Lipinski definition) is 2. The van der Waals surface area contributed by atoms with Gasteiger partial charge in [0.25, 0.3) is 0 Å². The first-order valence-corrected chi connectivity index (χ1v) is 10.4. The third-order valence-electron chi connectivity index (χ3n) is 5.30. The van der Waals surface area contributed by atoms with Crippen LogP contribution in [0.4, 0.5) is 44.3 Å². The van der Waals surface area contributed by atoms with Crippen LogP contribution in [-0.4, -0.2) is 25.9 Å². The molecule has 5 nitrogen and oxygen atoms in total. The molecule has 0 saturated carbocycles. The topological polar surface area (TPSA) is 58.4 Å². The summed E-state index contributed by atoms with van der Waals surface area (Å²) in [6, 6.07) is 4.69. The second-order valence-corrected chi connectivity index (χ2v) is 8.23. The van der Waals surface area contributed by atoms with E-state index in [9.17, 15) is 49.4 Å². The fourth-order valence-electron chi connectivity index (χ4n) is 3.70. The molecule has 2 aromatic carbocycles. The molecule has 0 fully saturated rings. The number of aromatic nitrogens is 2. The molecule has 1 aromatic heterocycles. The number of rotatable bonds is 5. The summed E-state index contributed by atoms with van der Waals surface area (Å²) in [6.07, 6.45) is -16.9. The van der Waals surface area contributed by atoms with Gasteiger partial charge in [-0.25, -0.2) is 9.48 Å². The van der Waals surface area contributed by atoms with E-state index in [2.05, 4.69) is 5.10 Å². The lowest BCUT2D eigenvalue weighted by Crippen LogP contribution is -2.29. The lowest BCUT2D eigenvalue weighted by molar-refractivity contribution is -0.143. The van der Waals surface area contributed by atoms with Gasteiger partial charge < -0.3 is 5.11 Å². The summed E-state index contributed by atoms with van der Waals surface area (Å²) in [6.45, 7) is 1.46. The molecule has 0 bridgehead atoms. The zero-order valence-electron chi connectivity index (χ0n) is 19.1. The van der Waals surface area contributed by atoms with E-state index in [-0.39, 0.29) is 17.3 Å². The monoisotopic (exact) mass is 539 g/mol. The summed E-state index contributed by atoms with van der Waals surface area (Å²) in [4.78, 5) is 12.3. The number of carbonyl (C=O) groups is 1. The van der Waals surface area contributed by atoms with Gasteiger partial charge in [0.05, 0.1) is 34.6 Å². The Hall–Kier alpha value is -3.71. The normalized spacial score (nSPS) is 12.6. The molecule has 0 aliphatic heterocycles. The Kier molecular flexibility index (Phi) is 7.26. The minimum atomic E-state index is -5.16. The van der Waals surface area contributed by atoms with E-state index in [4.69, 9.17) is 0 Å². The van der Waals surface area contributed by atoms with Crippen LogP contribution in [0.15, 0.2) is 42.5 Å². The first-order chi connectivity index (χ1) is 16.9. The van der Waals surface area contributed by atoms with Crippen molar-refractivity contribution >= 4 is 6.09 Å². The molecule has 1 N–H and O–H groups in total. The summed E-state index contributed by atoms with van der Waals surface area (Å²) >= 11 is 0. The maximum atomic E-state index is 13.4. The molecule has 0 radical (unpaired) electrons. The maximum absolute atomic E-state index is 13.4. The molecule has 0 unspecified atom stereocenters. The fraction of sp³-hybridized carbons (Fsp3) is 0.304. The van der Waals surface area contributed by atoms with Crippen LogP contribution in [0.1, 0.15) is 39.2 Å². The van der Waals surface area contributed by atoms with E-state index in [1.165, 1.54) is 4.68 Å². The number of nitrogens with zero attached hydrogens (tertiary/aromatic N) is 3. The van der Waals surface area contributed by atoms with Gasteiger partial charge in [-0.2, -0.15) is 44.6 Å². The minimum absolute atomic E-state index is 0.0601. The van der Waals surface area contributed by atoms with E-state index < -0.39 is 60.0 Å². The fourth-order valence-corrected chi connectivity index (χ4v) is 3.70. The van der Waals surface area contributed by atoms with Gasteiger partial charge >= 0.3 is 24.6 Å².